The molecule has 0 aliphatic heterocycles. The molecule has 0 saturated heterocycles. The minimum absolute atomic E-state index is 0.839. The molecule has 14 heavy (non-hydrogen) atoms. The van der Waals surface area contributed by atoms with E-state index in [4.69, 9.17) is 5.73 Å². The molecule has 0 aliphatic rings. The Morgan fingerprint density at radius 2 is 2.21 bits per heavy atom. The van der Waals surface area contributed by atoms with Crippen LogP contribution >= 0.6 is 11.8 Å². The van der Waals surface area contributed by atoms with E-state index in [1.165, 1.54) is 16.5 Å². The number of nitrogens with zero attached hydrogens (tertiary/aromatic N) is 1. The molecule has 0 radical (unpaired) electrons. The van der Waals surface area contributed by atoms with Crippen LogP contribution < -0.4 is 5.73 Å². The summed E-state index contributed by atoms with van der Waals surface area (Å²) in [5, 5.41) is 1.28. The molecule has 1 aromatic heterocycles. The average Bonchev–Trinajstić information content (AvgIpc) is 2.44. The molecule has 0 amide bonds. The summed E-state index contributed by atoms with van der Waals surface area (Å²) in [4.78, 5) is 0. The highest BCUT2D eigenvalue weighted by molar-refractivity contribution is 7.97. The van der Waals surface area contributed by atoms with Crippen molar-refractivity contribution >= 4 is 28.4 Å². The first-order chi connectivity index (χ1) is 6.72. The number of benzene rings is 1. The van der Waals surface area contributed by atoms with Gasteiger partial charge in [-0.1, -0.05) is 0 Å². The highest BCUT2D eigenvalue weighted by Gasteiger charge is 2.05. The maximum absolute atomic E-state index is 5.78. The van der Waals surface area contributed by atoms with Gasteiger partial charge in [0.05, 0.1) is 0 Å². The maximum Gasteiger partial charge on any atom is 0.0482 e. The number of anilines is 1. The van der Waals surface area contributed by atoms with E-state index in [-0.39, 0.29) is 0 Å². The van der Waals surface area contributed by atoms with Crippen molar-refractivity contribution in [3.05, 3.63) is 30.0 Å². The van der Waals surface area contributed by atoms with Gasteiger partial charge in [-0.2, -0.15) is 11.8 Å². The Hall–Kier alpha value is -1.09. The third-order valence-corrected chi connectivity index (χ3v) is 3.00. The van der Waals surface area contributed by atoms with Crippen LogP contribution in [0.4, 0.5) is 5.69 Å². The molecule has 3 heteroatoms. The van der Waals surface area contributed by atoms with E-state index in [1.807, 2.05) is 17.8 Å². The maximum atomic E-state index is 5.78. The Bertz CT molecular complexity index is 460. The number of fused-ring (bicyclic) bond motifs is 1. The molecule has 0 unspecified atom stereocenters. The quantitative estimate of drug-likeness (QED) is 0.766. The summed E-state index contributed by atoms with van der Waals surface area (Å²) in [6, 6.07) is 6.08. The van der Waals surface area contributed by atoms with E-state index in [1.54, 1.807) is 0 Å². The predicted molar refractivity (Wildman–Crippen MR) is 64.6 cm³/mol. The molecule has 2 aromatic rings. The smallest absolute Gasteiger partial charge is 0.0482 e. The fraction of sp³-hybridized carbons (Fsp3) is 0.273. The van der Waals surface area contributed by atoms with Gasteiger partial charge in [-0.15, -0.1) is 0 Å². The molecule has 0 fully saturated rings. The standard InChI is InChI=1S/C11H14N2S/c1-13-6-8(7-14-2)10-5-9(12)3-4-11(10)13/h3-6H,7,12H2,1-2H3. The van der Waals surface area contributed by atoms with Crippen molar-refractivity contribution in [2.45, 2.75) is 5.75 Å². The Kier molecular flexibility index (Phi) is 2.42. The Morgan fingerprint density at radius 1 is 1.43 bits per heavy atom. The summed E-state index contributed by atoms with van der Waals surface area (Å²) in [5.74, 6) is 1.04. The number of rotatable bonds is 2. The Labute approximate surface area is 88.1 Å². The Morgan fingerprint density at radius 3 is 2.93 bits per heavy atom. The van der Waals surface area contributed by atoms with Gasteiger partial charge in [0, 0.05) is 35.6 Å². The summed E-state index contributed by atoms with van der Waals surface area (Å²) < 4.78 is 2.15. The van der Waals surface area contributed by atoms with Crippen molar-refractivity contribution in [1.82, 2.24) is 4.57 Å². The van der Waals surface area contributed by atoms with Crippen molar-refractivity contribution in [3.8, 4) is 0 Å². The summed E-state index contributed by atoms with van der Waals surface area (Å²) in [6.07, 6.45) is 4.30. The molecule has 0 spiro atoms. The number of hydrogen-bond donors (Lipinski definition) is 1. The summed E-state index contributed by atoms with van der Waals surface area (Å²) in [5.41, 5.74) is 9.24. The van der Waals surface area contributed by atoms with Crippen LogP contribution in [0, 0.1) is 0 Å². The van der Waals surface area contributed by atoms with E-state index in [0.29, 0.717) is 0 Å². The van der Waals surface area contributed by atoms with Gasteiger partial charge >= 0.3 is 0 Å². The molecule has 0 aliphatic carbocycles. The summed E-state index contributed by atoms with van der Waals surface area (Å²) in [6.45, 7) is 0. The summed E-state index contributed by atoms with van der Waals surface area (Å²) >= 11 is 1.83. The molecule has 74 valence electrons. The number of aryl methyl sites for hydroxylation is 1. The van der Waals surface area contributed by atoms with Crippen molar-refractivity contribution in [1.29, 1.82) is 0 Å². The Balaban J connectivity index is 2.66. The minimum Gasteiger partial charge on any atom is -0.399 e. The summed E-state index contributed by atoms with van der Waals surface area (Å²) in [7, 11) is 2.07. The number of nitrogen functional groups attached to an aromatic ring is 1. The van der Waals surface area contributed by atoms with Crippen molar-refractivity contribution in [3.63, 3.8) is 0 Å². The third kappa shape index (κ3) is 1.48. The largest absolute Gasteiger partial charge is 0.399 e. The highest BCUT2D eigenvalue weighted by atomic mass is 32.2. The lowest BCUT2D eigenvalue weighted by atomic mass is 10.2. The molecular weight excluding hydrogens is 192 g/mol. The number of aromatic nitrogens is 1. The van der Waals surface area contributed by atoms with Crippen LogP contribution in [0.1, 0.15) is 5.56 Å². The molecule has 0 atom stereocenters. The molecule has 1 aromatic carbocycles. The number of hydrogen-bond acceptors (Lipinski definition) is 2. The first-order valence-electron chi connectivity index (χ1n) is 4.54. The molecule has 2 rings (SSSR count). The van der Waals surface area contributed by atoms with E-state index in [2.05, 4.69) is 36.2 Å². The van der Waals surface area contributed by atoms with Gasteiger partial charge in [0.1, 0.15) is 0 Å². The van der Waals surface area contributed by atoms with E-state index in [0.717, 1.165) is 11.4 Å². The third-order valence-electron chi connectivity index (χ3n) is 2.40. The van der Waals surface area contributed by atoms with E-state index in [9.17, 15) is 0 Å². The highest BCUT2D eigenvalue weighted by Crippen LogP contribution is 2.25. The van der Waals surface area contributed by atoms with Crippen LogP contribution in [0.5, 0.6) is 0 Å². The molecule has 2 nitrogen and oxygen atoms in total. The van der Waals surface area contributed by atoms with Crippen LogP contribution in [0.2, 0.25) is 0 Å². The first kappa shape index (κ1) is 9.46. The minimum atomic E-state index is 0.839. The fourth-order valence-corrected chi connectivity index (χ4v) is 2.30. The zero-order chi connectivity index (χ0) is 10.1. The SMILES string of the molecule is CSCc1cn(C)c2ccc(N)cc12. The predicted octanol–water partition coefficient (Wildman–Crippen LogP) is 2.62. The normalized spacial score (nSPS) is 11.0. The van der Waals surface area contributed by atoms with E-state index < -0.39 is 0 Å². The van der Waals surface area contributed by atoms with Crippen LogP contribution in [-0.2, 0) is 12.8 Å². The van der Waals surface area contributed by atoms with Gasteiger partial charge in [0.2, 0.25) is 0 Å². The number of nitrogens with two attached hydrogens (primary N) is 1. The second kappa shape index (κ2) is 3.58. The van der Waals surface area contributed by atoms with E-state index >= 15 is 0 Å². The van der Waals surface area contributed by atoms with Gasteiger partial charge < -0.3 is 10.3 Å². The topological polar surface area (TPSA) is 30.9 Å². The lowest BCUT2D eigenvalue weighted by Crippen LogP contribution is -1.86. The molecule has 2 N–H and O–H groups in total. The van der Waals surface area contributed by atoms with Crippen molar-refractivity contribution < 1.29 is 0 Å². The lowest BCUT2D eigenvalue weighted by molar-refractivity contribution is 0.963. The molecule has 1 heterocycles. The number of thioether (sulfide) groups is 1. The van der Waals surface area contributed by atoms with Gasteiger partial charge in [0.25, 0.3) is 0 Å². The van der Waals surface area contributed by atoms with Gasteiger partial charge in [0.15, 0.2) is 0 Å². The molecular formula is C11H14N2S. The van der Waals surface area contributed by atoms with Crippen molar-refractivity contribution in [2.24, 2.45) is 7.05 Å². The molecule has 0 saturated carbocycles. The zero-order valence-electron chi connectivity index (χ0n) is 8.45. The molecule has 0 bridgehead atoms. The first-order valence-corrected chi connectivity index (χ1v) is 5.94. The second-order valence-electron chi connectivity index (χ2n) is 3.47. The van der Waals surface area contributed by atoms with Gasteiger partial charge in [-0.3, -0.25) is 0 Å². The van der Waals surface area contributed by atoms with Crippen LogP contribution in [-0.4, -0.2) is 10.8 Å². The fourth-order valence-electron chi connectivity index (χ4n) is 1.76. The average molecular weight is 206 g/mol. The van der Waals surface area contributed by atoms with Gasteiger partial charge in [-0.05, 0) is 30.0 Å². The van der Waals surface area contributed by atoms with Crippen molar-refractivity contribution in [2.75, 3.05) is 12.0 Å². The monoisotopic (exact) mass is 206 g/mol. The lowest BCUT2D eigenvalue weighted by Gasteiger charge is -1.97. The zero-order valence-corrected chi connectivity index (χ0v) is 9.27. The van der Waals surface area contributed by atoms with Gasteiger partial charge in [-0.25, -0.2) is 0 Å². The van der Waals surface area contributed by atoms with Crippen LogP contribution in [0.3, 0.4) is 0 Å². The second-order valence-corrected chi connectivity index (χ2v) is 4.34. The van der Waals surface area contributed by atoms with Crippen LogP contribution in [0.25, 0.3) is 10.9 Å². The van der Waals surface area contributed by atoms with Crippen LogP contribution in [0.15, 0.2) is 24.4 Å².